The molecule has 0 bridgehead atoms. The van der Waals surface area contributed by atoms with E-state index in [0.29, 0.717) is 5.02 Å². The van der Waals surface area contributed by atoms with Gasteiger partial charge in [-0.3, -0.25) is 5.32 Å². The predicted molar refractivity (Wildman–Crippen MR) is 83.3 cm³/mol. The molecule has 0 heterocycles. The van der Waals surface area contributed by atoms with Crippen LogP contribution in [-0.4, -0.2) is 31.1 Å². The minimum atomic E-state index is -0.317. The van der Waals surface area contributed by atoms with Crippen LogP contribution in [0.1, 0.15) is 25.5 Å². The highest BCUT2D eigenvalue weighted by molar-refractivity contribution is 9.10. The molecule has 0 aliphatic carbocycles. The lowest BCUT2D eigenvalue weighted by molar-refractivity contribution is 0.300. The first-order valence-electron chi connectivity index (χ1n) is 6.42. The molecule has 1 rings (SSSR count). The number of hydrogen-bond donors (Lipinski definition) is 1. The van der Waals surface area contributed by atoms with Crippen molar-refractivity contribution in [1.29, 1.82) is 5.26 Å². The molecule has 0 aliphatic heterocycles. The summed E-state index contributed by atoms with van der Waals surface area (Å²) in [4.78, 5) is 2.32. The zero-order chi connectivity index (χ0) is 14.3. The van der Waals surface area contributed by atoms with E-state index in [1.807, 2.05) is 12.1 Å². The Hall–Kier alpha value is -0.600. The third-order valence-corrected chi connectivity index (χ3v) is 4.00. The third kappa shape index (κ3) is 5.12. The fraction of sp³-hybridized carbons (Fsp3) is 0.500. The van der Waals surface area contributed by atoms with E-state index < -0.39 is 0 Å². The first-order chi connectivity index (χ1) is 9.12. The minimum Gasteiger partial charge on any atom is -0.303 e. The molecule has 0 aromatic heterocycles. The smallest absolute Gasteiger partial charge is 0.122 e. The molecule has 0 spiro atoms. The van der Waals surface area contributed by atoms with Crippen LogP contribution in [0.5, 0.6) is 0 Å². The Morgan fingerprint density at radius 1 is 1.42 bits per heavy atom. The maximum atomic E-state index is 9.27. The number of rotatable bonds is 7. The van der Waals surface area contributed by atoms with Crippen molar-refractivity contribution in [3.63, 3.8) is 0 Å². The number of benzene rings is 1. The van der Waals surface area contributed by atoms with Crippen LogP contribution in [0, 0.1) is 11.3 Å². The molecule has 1 unspecified atom stereocenters. The molecule has 1 atom stereocenters. The lowest BCUT2D eigenvalue weighted by atomic mass is 10.1. The molecule has 0 amide bonds. The second-order valence-electron chi connectivity index (χ2n) is 4.21. The van der Waals surface area contributed by atoms with Gasteiger partial charge in [0.15, 0.2) is 0 Å². The molecule has 3 nitrogen and oxygen atoms in total. The fourth-order valence-electron chi connectivity index (χ4n) is 1.87. The van der Waals surface area contributed by atoms with Gasteiger partial charge in [-0.05, 0) is 30.8 Å². The molecule has 0 fully saturated rings. The first kappa shape index (κ1) is 16.5. The summed E-state index contributed by atoms with van der Waals surface area (Å²) < 4.78 is 0.863. The van der Waals surface area contributed by atoms with Crippen molar-refractivity contribution in [1.82, 2.24) is 10.2 Å². The van der Waals surface area contributed by atoms with Gasteiger partial charge in [-0.1, -0.05) is 47.4 Å². The average Bonchev–Trinajstić information content (AvgIpc) is 2.40. The van der Waals surface area contributed by atoms with Crippen molar-refractivity contribution in [3.05, 3.63) is 33.3 Å². The highest BCUT2D eigenvalue weighted by atomic mass is 79.9. The van der Waals surface area contributed by atoms with Crippen LogP contribution in [0.3, 0.4) is 0 Å². The monoisotopic (exact) mass is 343 g/mol. The second-order valence-corrected chi connectivity index (χ2v) is 5.50. The predicted octanol–water partition coefficient (Wildman–Crippen LogP) is 3.60. The van der Waals surface area contributed by atoms with E-state index in [9.17, 15) is 5.26 Å². The van der Waals surface area contributed by atoms with Crippen molar-refractivity contribution in [2.45, 2.75) is 19.9 Å². The highest BCUT2D eigenvalue weighted by Crippen LogP contribution is 2.26. The first-order valence-corrected chi connectivity index (χ1v) is 7.59. The zero-order valence-electron chi connectivity index (χ0n) is 11.3. The molecular formula is C14H19BrClN3. The molecule has 0 radical (unpaired) electrons. The van der Waals surface area contributed by atoms with Gasteiger partial charge in [-0.2, -0.15) is 5.26 Å². The van der Waals surface area contributed by atoms with E-state index in [0.717, 1.165) is 36.2 Å². The summed E-state index contributed by atoms with van der Waals surface area (Å²) in [6.45, 7) is 8.06. The molecule has 0 aliphatic rings. The minimum absolute atomic E-state index is 0.317. The van der Waals surface area contributed by atoms with Crippen LogP contribution in [0.25, 0.3) is 0 Å². The van der Waals surface area contributed by atoms with Crippen molar-refractivity contribution in [2.75, 3.05) is 26.2 Å². The molecule has 1 aromatic rings. The fourth-order valence-corrected chi connectivity index (χ4v) is 2.78. The summed E-state index contributed by atoms with van der Waals surface area (Å²) >= 11 is 9.36. The summed E-state index contributed by atoms with van der Waals surface area (Å²) in [5.74, 6) is 0. The van der Waals surface area contributed by atoms with Crippen LogP contribution in [0.15, 0.2) is 22.7 Å². The Bertz CT molecular complexity index is 441. The van der Waals surface area contributed by atoms with Gasteiger partial charge in [0.05, 0.1) is 6.07 Å². The molecule has 0 saturated heterocycles. The molecular weight excluding hydrogens is 326 g/mol. The maximum absolute atomic E-state index is 9.27. The van der Waals surface area contributed by atoms with Gasteiger partial charge in [0.25, 0.3) is 0 Å². The van der Waals surface area contributed by atoms with Gasteiger partial charge < -0.3 is 4.90 Å². The third-order valence-electron chi connectivity index (χ3n) is 3.07. The Morgan fingerprint density at radius 2 is 2.11 bits per heavy atom. The van der Waals surface area contributed by atoms with Crippen LogP contribution in [-0.2, 0) is 0 Å². The standard InChI is InChI=1S/C14H19BrClN3/c1-3-19(4-2)8-7-18-14(10-17)12-6-5-11(16)9-13(12)15/h5-6,9,14,18H,3-4,7-8H2,1-2H3. The van der Waals surface area contributed by atoms with Crippen molar-refractivity contribution in [3.8, 4) is 6.07 Å². The number of halogens is 2. The Morgan fingerprint density at radius 3 is 2.63 bits per heavy atom. The van der Waals surface area contributed by atoms with Crippen LogP contribution in [0.2, 0.25) is 5.02 Å². The van der Waals surface area contributed by atoms with Gasteiger partial charge in [0.1, 0.15) is 6.04 Å². The SMILES string of the molecule is CCN(CC)CCNC(C#N)c1ccc(Cl)cc1Br. The second kappa shape index (κ2) is 8.55. The molecule has 1 N–H and O–H groups in total. The van der Waals surface area contributed by atoms with Crippen molar-refractivity contribution in [2.24, 2.45) is 0 Å². The summed E-state index contributed by atoms with van der Waals surface area (Å²) in [6.07, 6.45) is 0. The quantitative estimate of drug-likeness (QED) is 0.821. The van der Waals surface area contributed by atoms with E-state index in [1.165, 1.54) is 0 Å². The van der Waals surface area contributed by atoms with E-state index >= 15 is 0 Å². The highest BCUT2D eigenvalue weighted by Gasteiger charge is 2.13. The number of nitriles is 1. The molecule has 1 aromatic carbocycles. The average molecular weight is 345 g/mol. The van der Waals surface area contributed by atoms with E-state index in [2.05, 4.69) is 46.1 Å². The molecule has 0 saturated carbocycles. The van der Waals surface area contributed by atoms with E-state index in [-0.39, 0.29) is 6.04 Å². The maximum Gasteiger partial charge on any atom is 0.122 e. The Labute approximate surface area is 128 Å². The normalized spacial score (nSPS) is 12.4. The van der Waals surface area contributed by atoms with Crippen LogP contribution in [0.4, 0.5) is 0 Å². The summed E-state index contributed by atoms with van der Waals surface area (Å²) in [6, 6.07) is 7.46. The number of nitrogens with zero attached hydrogens (tertiary/aromatic N) is 2. The lowest BCUT2D eigenvalue weighted by Crippen LogP contribution is -2.33. The van der Waals surface area contributed by atoms with Gasteiger partial charge in [-0.15, -0.1) is 0 Å². The summed E-state index contributed by atoms with van der Waals surface area (Å²) in [5.41, 5.74) is 0.923. The number of likely N-dealkylation sites (N-methyl/N-ethyl adjacent to an activating group) is 1. The van der Waals surface area contributed by atoms with Crippen LogP contribution < -0.4 is 5.32 Å². The van der Waals surface area contributed by atoms with Gasteiger partial charge >= 0.3 is 0 Å². The van der Waals surface area contributed by atoms with Crippen molar-refractivity contribution < 1.29 is 0 Å². The topological polar surface area (TPSA) is 39.1 Å². The van der Waals surface area contributed by atoms with Gasteiger partial charge in [0, 0.05) is 22.6 Å². The molecule has 104 valence electrons. The van der Waals surface area contributed by atoms with Gasteiger partial charge in [-0.25, -0.2) is 0 Å². The number of nitrogens with one attached hydrogen (secondary N) is 1. The molecule has 5 heteroatoms. The Balaban J connectivity index is 2.61. The lowest BCUT2D eigenvalue weighted by Gasteiger charge is -2.20. The zero-order valence-corrected chi connectivity index (χ0v) is 13.6. The van der Waals surface area contributed by atoms with Crippen molar-refractivity contribution >= 4 is 27.5 Å². The summed E-state index contributed by atoms with van der Waals surface area (Å²) in [5, 5.41) is 13.2. The largest absolute Gasteiger partial charge is 0.303 e. The van der Waals surface area contributed by atoms with E-state index in [4.69, 9.17) is 11.6 Å². The van der Waals surface area contributed by atoms with Gasteiger partial charge in [0.2, 0.25) is 0 Å². The Kier molecular flexibility index (Phi) is 7.40. The van der Waals surface area contributed by atoms with Crippen LogP contribution >= 0.6 is 27.5 Å². The number of hydrogen-bond acceptors (Lipinski definition) is 3. The molecule has 19 heavy (non-hydrogen) atoms. The summed E-state index contributed by atoms with van der Waals surface area (Å²) in [7, 11) is 0. The van der Waals surface area contributed by atoms with E-state index in [1.54, 1.807) is 6.07 Å².